The van der Waals surface area contributed by atoms with E-state index in [1.165, 1.54) is 12.1 Å². The van der Waals surface area contributed by atoms with Crippen LogP contribution in [0.25, 0.3) is 11.0 Å². The van der Waals surface area contributed by atoms with E-state index < -0.39 is 22.0 Å². The Morgan fingerprint density at radius 2 is 1.80 bits per heavy atom. The SMILES string of the molecule is Cc1ccc2onc(Nc3ccnc(Nc4cccc(S(C)(=O)=O)c4)n3)c2c1.O=C(O)C(F)(F)F. The maximum absolute atomic E-state index is 11.7. The summed E-state index contributed by atoms with van der Waals surface area (Å²) in [5, 5.41) is 18.2. The van der Waals surface area contributed by atoms with Crippen LogP contribution in [0, 0.1) is 6.92 Å². The molecule has 0 atom stereocenters. The number of hydrogen-bond acceptors (Lipinski definition) is 9. The van der Waals surface area contributed by atoms with Crippen molar-refractivity contribution < 1.29 is 36.0 Å². The van der Waals surface area contributed by atoms with E-state index in [0.717, 1.165) is 17.2 Å². The molecule has 0 aliphatic carbocycles. The molecule has 4 rings (SSSR count). The Kier molecular flexibility index (Phi) is 7.24. The van der Waals surface area contributed by atoms with Crippen LogP contribution in [-0.2, 0) is 14.6 Å². The first-order chi connectivity index (χ1) is 16.3. The van der Waals surface area contributed by atoms with Crippen LogP contribution < -0.4 is 10.6 Å². The third-order valence-electron chi connectivity index (χ3n) is 4.29. The first kappa shape index (κ1) is 25.4. The molecule has 0 amide bonds. The number of nitrogens with one attached hydrogen (secondary N) is 2. The summed E-state index contributed by atoms with van der Waals surface area (Å²) in [6, 6.07) is 14.0. The van der Waals surface area contributed by atoms with Gasteiger partial charge in [-0.25, -0.2) is 18.2 Å². The van der Waals surface area contributed by atoms with Crippen molar-refractivity contribution in [2.75, 3.05) is 16.9 Å². The Hall–Kier alpha value is -4.20. The number of sulfone groups is 1. The van der Waals surface area contributed by atoms with E-state index in [4.69, 9.17) is 14.4 Å². The van der Waals surface area contributed by atoms with Gasteiger partial charge in [0.1, 0.15) is 5.82 Å². The van der Waals surface area contributed by atoms with Crippen LogP contribution >= 0.6 is 0 Å². The van der Waals surface area contributed by atoms with Crippen LogP contribution in [0.2, 0.25) is 0 Å². The molecular formula is C21H18F3N5O5S. The summed E-state index contributed by atoms with van der Waals surface area (Å²) in [5.41, 5.74) is 2.34. The lowest BCUT2D eigenvalue weighted by Crippen LogP contribution is -2.21. The predicted octanol–water partition coefficient (Wildman–Crippen LogP) is 4.45. The molecule has 10 nitrogen and oxygen atoms in total. The summed E-state index contributed by atoms with van der Waals surface area (Å²) >= 11 is 0. The molecule has 2 aromatic carbocycles. The third kappa shape index (κ3) is 6.89. The van der Waals surface area contributed by atoms with Gasteiger partial charge in [-0.1, -0.05) is 22.9 Å². The number of rotatable bonds is 5. The predicted molar refractivity (Wildman–Crippen MR) is 121 cm³/mol. The van der Waals surface area contributed by atoms with Crippen molar-refractivity contribution in [2.45, 2.75) is 18.0 Å². The Morgan fingerprint density at radius 1 is 1.09 bits per heavy atom. The fraction of sp³-hybridized carbons (Fsp3) is 0.143. The Bertz CT molecular complexity index is 1470. The highest BCUT2D eigenvalue weighted by molar-refractivity contribution is 7.90. The van der Waals surface area contributed by atoms with Crippen LogP contribution in [0.4, 0.5) is 36.4 Å². The quantitative estimate of drug-likeness (QED) is 0.352. The fourth-order valence-corrected chi connectivity index (χ4v) is 3.35. The highest BCUT2D eigenvalue weighted by Crippen LogP contribution is 2.26. The van der Waals surface area contributed by atoms with Gasteiger partial charge < -0.3 is 20.3 Å². The van der Waals surface area contributed by atoms with Gasteiger partial charge in [0.25, 0.3) is 0 Å². The van der Waals surface area contributed by atoms with Crippen molar-refractivity contribution in [1.82, 2.24) is 15.1 Å². The van der Waals surface area contributed by atoms with Crippen molar-refractivity contribution in [3.8, 4) is 0 Å². The lowest BCUT2D eigenvalue weighted by molar-refractivity contribution is -0.192. The number of carboxylic acid groups (broad SMARTS) is 1. The lowest BCUT2D eigenvalue weighted by atomic mass is 10.2. The van der Waals surface area contributed by atoms with Gasteiger partial charge in [-0.05, 0) is 43.3 Å². The smallest absolute Gasteiger partial charge is 0.475 e. The van der Waals surface area contributed by atoms with E-state index in [1.807, 2.05) is 25.1 Å². The van der Waals surface area contributed by atoms with Crippen molar-refractivity contribution in [1.29, 1.82) is 0 Å². The summed E-state index contributed by atoms with van der Waals surface area (Å²) in [4.78, 5) is 17.7. The third-order valence-corrected chi connectivity index (χ3v) is 5.40. The van der Waals surface area contributed by atoms with Crippen LogP contribution in [0.1, 0.15) is 5.56 Å². The molecule has 0 aliphatic heterocycles. The zero-order chi connectivity index (χ0) is 25.8. The topological polar surface area (TPSA) is 147 Å². The van der Waals surface area contributed by atoms with Crippen LogP contribution in [0.3, 0.4) is 0 Å². The van der Waals surface area contributed by atoms with Crippen LogP contribution in [0.5, 0.6) is 0 Å². The molecule has 2 aromatic heterocycles. The molecule has 0 spiro atoms. The number of benzene rings is 2. The molecule has 0 saturated heterocycles. The fourth-order valence-electron chi connectivity index (χ4n) is 2.69. The maximum Gasteiger partial charge on any atom is 0.490 e. The number of hydrogen-bond donors (Lipinski definition) is 3. The minimum atomic E-state index is -5.08. The van der Waals surface area contributed by atoms with E-state index in [0.29, 0.717) is 28.9 Å². The number of alkyl halides is 3. The van der Waals surface area contributed by atoms with E-state index >= 15 is 0 Å². The van der Waals surface area contributed by atoms with Gasteiger partial charge >= 0.3 is 12.1 Å². The zero-order valence-corrected chi connectivity index (χ0v) is 19.0. The van der Waals surface area contributed by atoms with Gasteiger partial charge in [0, 0.05) is 18.1 Å². The molecule has 0 saturated carbocycles. The molecule has 35 heavy (non-hydrogen) atoms. The normalized spacial score (nSPS) is 11.5. The highest BCUT2D eigenvalue weighted by atomic mass is 32.2. The molecule has 14 heteroatoms. The molecule has 0 unspecified atom stereocenters. The van der Waals surface area contributed by atoms with Gasteiger partial charge in [0.05, 0.1) is 10.3 Å². The molecule has 184 valence electrons. The van der Waals surface area contributed by atoms with E-state index in [1.54, 1.807) is 24.4 Å². The van der Waals surface area contributed by atoms with Gasteiger partial charge in [-0.2, -0.15) is 18.2 Å². The molecule has 0 radical (unpaired) electrons. The summed E-state index contributed by atoms with van der Waals surface area (Å²) in [5.74, 6) is -1.36. The number of nitrogens with zero attached hydrogens (tertiary/aromatic N) is 3. The minimum Gasteiger partial charge on any atom is -0.475 e. The number of carbonyl (C=O) groups is 1. The van der Waals surface area contributed by atoms with E-state index in [2.05, 4.69) is 25.8 Å². The summed E-state index contributed by atoms with van der Waals surface area (Å²) in [6.45, 7) is 1.99. The summed E-state index contributed by atoms with van der Waals surface area (Å²) in [7, 11) is -3.30. The summed E-state index contributed by atoms with van der Waals surface area (Å²) in [6.07, 6.45) is -2.33. The standard InChI is InChI=1S/C19H17N5O3S.C2HF3O2/c1-12-6-7-16-15(10-12)18(24-27-16)22-17-8-9-20-19(23-17)21-13-4-3-5-14(11-13)28(2,25)26;3-2(4,5)1(6)7/h3-11H,1-2H3,(H2,20,21,22,23,24);(H,6,7). The Balaban J connectivity index is 0.000000429. The van der Waals surface area contributed by atoms with Gasteiger partial charge in [0.2, 0.25) is 5.95 Å². The van der Waals surface area contributed by atoms with Gasteiger partial charge in [0.15, 0.2) is 21.2 Å². The average Bonchev–Trinajstić information content (AvgIpc) is 3.15. The first-order valence-electron chi connectivity index (χ1n) is 9.66. The minimum absolute atomic E-state index is 0.219. The highest BCUT2D eigenvalue weighted by Gasteiger charge is 2.38. The van der Waals surface area contributed by atoms with Gasteiger partial charge in [-0.3, -0.25) is 0 Å². The number of aliphatic carboxylic acids is 1. The molecule has 4 aromatic rings. The monoisotopic (exact) mass is 509 g/mol. The van der Waals surface area contributed by atoms with Crippen molar-refractivity contribution in [3.05, 3.63) is 60.3 Å². The molecule has 3 N–H and O–H groups in total. The number of anilines is 4. The number of fused-ring (bicyclic) bond motifs is 1. The first-order valence-corrected chi connectivity index (χ1v) is 11.6. The largest absolute Gasteiger partial charge is 0.490 e. The number of aromatic nitrogens is 3. The Labute approximate surface area is 196 Å². The number of carboxylic acids is 1. The molecule has 0 aliphatic rings. The average molecular weight is 509 g/mol. The lowest BCUT2D eigenvalue weighted by Gasteiger charge is -2.08. The van der Waals surface area contributed by atoms with Crippen molar-refractivity contribution in [3.63, 3.8) is 0 Å². The molecular weight excluding hydrogens is 491 g/mol. The maximum atomic E-state index is 11.7. The van der Waals surface area contributed by atoms with E-state index in [9.17, 15) is 21.6 Å². The molecule has 0 fully saturated rings. The van der Waals surface area contributed by atoms with Gasteiger partial charge in [-0.15, -0.1) is 0 Å². The second-order valence-electron chi connectivity index (χ2n) is 7.15. The van der Waals surface area contributed by atoms with E-state index in [-0.39, 0.29) is 4.90 Å². The molecule has 0 bridgehead atoms. The van der Waals surface area contributed by atoms with Crippen LogP contribution in [-0.4, -0.2) is 47.1 Å². The van der Waals surface area contributed by atoms with Crippen LogP contribution in [0.15, 0.2) is 64.1 Å². The zero-order valence-electron chi connectivity index (χ0n) is 18.2. The second kappa shape index (κ2) is 9.97. The molecule has 2 heterocycles. The summed E-state index contributed by atoms with van der Waals surface area (Å²) < 4.78 is 60.5. The number of halogens is 3. The second-order valence-corrected chi connectivity index (χ2v) is 9.16. The van der Waals surface area contributed by atoms with Crippen molar-refractivity contribution >= 4 is 50.0 Å². The van der Waals surface area contributed by atoms with Crippen molar-refractivity contribution in [2.24, 2.45) is 0 Å². The number of aryl methyl sites for hydroxylation is 1. The Morgan fingerprint density at radius 3 is 2.46 bits per heavy atom.